The normalized spacial score (nSPS) is 11.1. The maximum atomic E-state index is 5.69. The van der Waals surface area contributed by atoms with Gasteiger partial charge in [-0.1, -0.05) is 0 Å². The average molecular weight is 477 g/mol. The fraction of sp³-hybridized carbons (Fsp3) is 0.200. The van der Waals surface area contributed by atoms with E-state index in [1.807, 2.05) is 48.0 Å². The molecule has 0 spiro atoms. The molecule has 0 fully saturated rings. The summed E-state index contributed by atoms with van der Waals surface area (Å²) in [4.78, 5) is 5.58. The molecule has 8 nitrogen and oxygen atoms in total. The van der Waals surface area contributed by atoms with Crippen molar-refractivity contribution >= 4 is 38.6 Å². The van der Waals surface area contributed by atoms with Crippen LogP contribution in [0.15, 0.2) is 48.7 Å². The molecule has 0 unspecified atom stereocenters. The maximum absolute atomic E-state index is 5.69. The second-order valence-corrected chi connectivity index (χ2v) is 8.67. The second kappa shape index (κ2) is 8.75. The van der Waals surface area contributed by atoms with Gasteiger partial charge in [0.2, 0.25) is 0 Å². The van der Waals surface area contributed by atoms with Gasteiger partial charge in [-0.2, -0.15) is 0 Å². The lowest BCUT2D eigenvalue weighted by atomic mass is 10.1. The fourth-order valence-electron chi connectivity index (χ4n) is 4.01. The zero-order chi connectivity index (χ0) is 23.8. The first kappa shape index (κ1) is 21.8. The summed E-state index contributed by atoms with van der Waals surface area (Å²) in [6.07, 6.45) is 1.84. The summed E-state index contributed by atoms with van der Waals surface area (Å²) < 4.78 is 24.8. The van der Waals surface area contributed by atoms with Gasteiger partial charge in [-0.05, 0) is 54.3 Å². The van der Waals surface area contributed by atoms with E-state index in [-0.39, 0.29) is 0 Å². The number of benzene rings is 2. The first-order valence-corrected chi connectivity index (χ1v) is 11.4. The molecular weight excluding hydrogens is 452 g/mol. The van der Waals surface area contributed by atoms with E-state index in [1.54, 1.807) is 39.8 Å². The number of thiophene rings is 1. The highest BCUT2D eigenvalue weighted by molar-refractivity contribution is 7.22. The van der Waals surface area contributed by atoms with E-state index in [9.17, 15) is 0 Å². The van der Waals surface area contributed by atoms with Crippen LogP contribution in [0.2, 0.25) is 0 Å². The molecule has 0 radical (unpaired) electrons. The highest BCUT2D eigenvalue weighted by atomic mass is 32.1. The standard InChI is InChI=1S/C25H24N4O4S/c1-14-10-15-11-20(34-25(15)24(33-5)23(14)32-4)17-13-26-22-9-8-21(28-29(17)22)27-16-6-7-18(30-2)19(12-16)31-3/h6-13H,1-5H3,(H,27,28). The van der Waals surface area contributed by atoms with E-state index < -0.39 is 0 Å². The van der Waals surface area contributed by atoms with Gasteiger partial charge in [-0.25, -0.2) is 9.50 Å². The van der Waals surface area contributed by atoms with Crippen molar-refractivity contribution in [3.8, 4) is 33.6 Å². The van der Waals surface area contributed by atoms with Crippen LogP contribution in [0.25, 0.3) is 26.3 Å². The topological polar surface area (TPSA) is 79.1 Å². The Bertz CT molecular complexity index is 1510. The summed E-state index contributed by atoms with van der Waals surface area (Å²) in [6, 6.07) is 13.7. The highest BCUT2D eigenvalue weighted by Crippen LogP contribution is 2.45. The van der Waals surface area contributed by atoms with Crippen molar-refractivity contribution in [1.29, 1.82) is 0 Å². The smallest absolute Gasteiger partial charge is 0.178 e. The Hall–Kier alpha value is -3.98. The molecule has 0 aliphatic rings. The van der Waals surface area contributed by atoms with Gasteiger partial charge in [0.25, 0.3) is 0 Å². The minimum Gasteiger partial charge on any atom is -0.493 e. The number of imidazole rings is 1. The molecule has 0 saturated heterocycles. The van der Waals surface area contributed by atoms with Crippen LogP contribution in [0.1, 0.15) is 5.56 Å². The predicted octanol–water partition coefficient (Wildman–Crippen LogP) is 5.70. The number of hydrogen-bond acceptors (Lipinski definition) is 8. The molecule has 1 N–H and O–H groups in total. The zero-order valence-corrected chi connectivity index (χ0v) is 20.3. The molecule has 3 aromatic heterocycles. The number of nitrogens with zero attached hydrogens (tertiary/aromatic N) is 3. The Labute approximate surface area is 200 Å². The van der Waals surface area contributed by atoms with Crippen LogP contribution in [0.5, 0.6) is 23.0 Å². The van der Waals surface area contributed by atoms with Crippen LogP contribution in [-0.4, -0.2) is 43.0 Å². The number of aryl methyl sites for hydroxylation is 1. The first-order chi connectivity index (χ1) is 16.6. The number of anilines is 2. The fourth-order valence-corrected chi connectivity index (χ4v) is 5.16. The van der Waals surface area contributed by atoms with Gasteiger partial charge < -0.3 is 24.3 Å². The predicted molar refractivity (Wildman–Crippen MR) is 134 cm³/mol. The summed E-state index contributed by atoms with van der Waals surface area (Å²) in [5.41, 5.74) is 3.51. The number of nitrogens with one attached hydrogen (secondary N) is 1. The third-order valence-corrected chi connectivity index (χ3v) is 6.75. The van der Waals surface area contributed by atoms with Crippen molar-refractivity contribution < 1.29 is 18.9 Å². The Balaban J connectivity index is 1.56. The molecule has 34 heavy (non-hydrogen) atoms. The van der Waals surface area contributed by atoms with Gasteiger partial charge >= 0.3 is 0 Å². The van der Waals surface area contributed by atoms with Gasteiger partial charge in [0.15, 0.2) is 34.5 Å². The molecule has 0 atom stereocenters. The minimum atomic E-state index is 0.641. The van der Waals surface area contributed by atoms with E-state index in [1.165, 1.54) is 0 Å². The molecule has 0 saturated carbocycles. The molecule has 0 aliphatic heterocycles. The minimum absolute atomic E-state index is 0.641. The van der Waals surface area contributed by atoms with Crippen LogP contribution in [-0.2, 0) is 0 Å². The van der Waals surface area contributed by atoms with Crippen LogP contribution < -0.4 is 24.3 Å². The van der Waals surface area contributed by atoms with E-state index in [0.29, 0.717) is 17.3 Å². The van der Waals surface area contributed by atoms with Gasteiger partial charge in [-0.3, -0.25) is 0 Å². The molecule has 2 aromatic carbocycles. The SMILES string of the molecule is COc1ccc(Nc2ccc3ncc(-c4cc5cc(C)c(OC)c(OC)c5s4)n3n2)cc1OC. The molecule has 174 valence electrons. The molecule has 3 heterocycles. The number of fused-ring (bicyclic) bond motifs is 2. The van der Waals surface area contributed by atoms with Crippen molar-refractivity contribution in [1.82, 2.24) is 14.6 Å². The highest BCUT2D eigenvalue weighted by Gasteiger charge is 2.18. The summed E-state index contributed by atoms with van der Waals surface area (Å²) in [5.74, 6) is 3.48. The molecule has 9 heteroatoms. The van der Waals surface area contributed by atoms with E-state index in [0.717, 1.165) is 49.1 Å². The Kier molecular flexibility index (Phi) is 5.62. The van der Waals surface area contributed by atoms with E-state index in [2.05, 4.69) is 22.4 Å². The Morgan fingerprint density at radius 2 is 1.65 bits per heavy atom. The molecule has 0 aliphatic carbocycles. The molecule has 5 aromatic rings. The van der Waals surface area contributed by atoms with Crippen LogP contribution in [0.4, 0.5) is 11.5 Å². The number of aromatic nitrogens is 3. The number of rotatable bonds is 7. The molecule has 0 amide bonds. The first-order valence-electron chi connectivity index (χ1n) is 10.6. The van der Waals surface area contributed by atoms with Gasteiger partial charge in [-0.15, -0.1) is 16.4 Å². The van der Waals surface area contributed by atoms with Crippen LogP contribution in [0.3, 0.4) is 0 Å². The summed E-state index contributed by atoms with van der Waals surface area (Å²) >= 11 is 1.62. The van der Waals surface area contributed by atoms with Crippen molar-refractivity contribution in [3.05, 3.63) is 54.2 Å². The van der Waals surface area contributed by atoms with E-state index >= 15 is 0 Å². The zero-order valence-electron chi connectivity index (χ0n) is 19.5. The van der Waals surface area contributed by atoms with Crippen LogP contribution >= 0.6 is 11.3 Å². The monoisotopic (exact) mass is 476 g/mol. The third kappa shape index (κ3) is 3.63. The van der Waals surface area contributed by atoms with Crippen molar-refractivity contribution in [3.63, 3.8) is 0 Å². The van der Waals surface area contributed by atoms with Crippen LogP contribution in [0, 0.1) is 6.92 Å². The number of ether oxygens (including phenoxy) is 4. The largest absolute Gasteiger partial charge is 0.493 e. The summed E-state index contributed by atoms with van der Waals surface area (Å²) in [5, 5.41) is 9.21. The van der Waals surface area contributed by atoms with Gasteiger partial charge in [0, 0.05) is 11.8 Å². The summed E-state index contributed by atoms with van der Waals surface area (Å²) in [7, 11) is 6.55. The average Bonchev–Trinajstić information content (AvgIpc) is 3.46. The summed E-state index contributed by atoms with van der Waals surface area (Å²) in [6.45, 7) is 2.01. The van der Waals surface area contributed by atoms with Gasteiger partial charge in [0.1, 0.15) is 5.69 Å². The lowest BCUT2D eigenvalue weighted by Crippen LogP contribution is -2.00. The second-order valence-electron chi connectivity index (χ2n) is 7.62. The molecule has 0 bridgehead atoms. The number of methoxy groups -OCH3 is 4. The number of hydrogen-bond donors (Lipinski definition) is 1. The molecular formula is C25H24N4O4S. The third-order valence-electron chi connectivity index (χ3n) is 5.58. The van der Waals surface area contributed by atoms with Crippen molar-refractivity contribution in [2.75, 3.05) is 33.8 Å². The van der Waals surface area contributed by atoms with Crippen molar-refractivity contribution in [2.45, 2.75) is 6.92 Å². The lowest BCUT2D eigenvalue weighted by Gasteiger charge is -2.11. The Morgan fingerprint density at radius 1 is 0.853 bits per heavy atom. The quantitative estimate of drug-likeness (QED) is 0.323. The Morgan fingerprint density at radius 3 is 2.38 bits per heavy atom. The maximum Gasteiger partial charge on any atom is 0.178 e. The lowest BCUT2D eigenvalue weighted by molar-refractivity contribution is 0.355. The van der Waals surface area contributed by atoms with Gasteiger partial charge in [0.05, 0.1) is 44.2 Å². The van der Waals surface area contributed by atoms with E-state index in [4.69, 9.17) is 24.0 Å². The van der Waals surface area contributed by atoms with Crippen molar-refractivity contribution in [2.24, 2.45) is 0 Å². The molecule has 5 rings (SSSR count).